The van der Waals surface area contributed by atoms with E-state index in [9.17, 15) is 0 Å². The van der Waals surface area contributed by atoms with E-state index in [-0.39, 0.29) is 0 Å². The summed E-state index contributed by atoms with van der Waals surface area (Å²) in [5.41, 5.74) is 1.04. The van der Waals surface area contributed by atoms with E-state index in [2.05, 4.69) is 9.36 Å². The minimum Gasteiger partial charge on any atom is -0.467 e. The van der Waals surface area contributed by atoms with Gasteiger partial charge in [0.15, 0.2) is 0 Å². The minimum absolute atomic E-state index is 0.693. The first-order chi connectivity index (χ1) is 7.93. The van der Waals surface area contributed by atoms with Crippen molar-refractivity contribution in [3.8, 4) is 11.4 Å². The van der Waals surface area contributed by atoms with Gasteiger partial charge in [0, 0.05) is 23.3 Å². The van der Waals surface area contributed by atoms with Gasteiger partial charge in [-0.05, 0) is 23.7 Å². The molecular weight excluding hydrogens is 222 g/mol. The van der Waals surface area contributed by atoms with Gasteiger partial charge in [0.05, 0.1) is 19.0 Å². The number of furan rings is 1. The first-order valence-electron chi connectivity index (χ1n) is 4.87. The summed E-state index contributed by atoms with van der Waals surface area (Å²) in [7, 11) is 0. The molecule has 3 heterocycles. The summed E-state index contributed by atoms with van der Waals surface area (Å²) < 4.78 is 11.4. The summed E-state index contributed by atoms with van der Waals surface area (Å²) in [6, 6.07) is 3.84. The fraction of sp³-hybridized carbons (Fsp3) is 0.0909. The van der Waals surface area contributed by atoms with Gasteiger partial charge in [-0.2, -0.15) is 0 Å². The predicted molar refractivity (Wildman–Crippen MR) is 61.1 cm³/mol. The van der Waals surface area contributed by atoms with Crippen molar-refractivity contribution in [2.75, 3.05) is 0 Å². The molecule has 0 fully saturated rings. The Kier molecular flexibility index (Phi) is 2.30. The van der Waals surface area contributed by atoms with Gasteiger partial charge in [0.2, 0.25) is 0 Å². The zero-order chi connectivity index (χ0) is 10.8. The zero-order valence-corrected chi connectivity index (χ0v) is 9.22. The van der Waals surface area contributed by atoms with E-state index >= 15 is 0 Å². The van der Waals surface area contributed by atoms with Gasteiger partial charge < -0.3 is 8.98 Å². The van der Waals surface area contributed by atoms with Gasteiger partial charge in [-0.1, -0.05) is 0 Å². The van der Waals surface area contributed by atoms with Gasteiger partial charge in [-0.15, -0.1) is 0 Å². The summed E-state index contributed by atoms with van der Waals surface area (Å²) in [5.74, 6) is 1.84. The molecule has 0 atom stereocenters. The van der Waals surface area contributed by atoms with Crippen molar-refractivity contribution in [2.45, 2.75) is 6.54 Å². The molecule has 0 aliphatic rings. The van der Waals surface area contributed by atoms with Crippen molar-refractivity contribution in [3.63, 3.8) is 0 Å². The molecule has 0 saturated carbocycles. The molecule has 0 unspecified atom stereocenters. The fourth-order valence-electron chi connectivity index (χ4n) is 1.58. The van der Waals surface area contributed by atoms with Crippen LogP contribution in [0.25, 0.3) is 11.4 Å². The van der Waals surface area contributed by atoms with Crippen LogP contribution in [0.3, 0.4) is 0 Å². The van der Waals surface area contributed by atoms with Crippen LogP contribution in [0.2, 0.25) is 0 Å². The van der Waals surface area contributed by atoms with Crippen LogP contribution in [-0.2, 0) is 6.54 Å². The zero-order valence-electron chi connectivity index (χ0n) is 8.41. The Labute approximate surface area is 96.3 Å². The number of nitrogens with zero attached hydrogens (tertiary/aromatic N) is 3. The van der Waals surface area contributed by atoms with E-state index in [1.807, 2.05) is 34.5 Å². The third-order valence-electron chi connectivity index (χ3n) is 2.31. The lowest BCUT2D eigenvalue weighted by atomic mass is 10.3. The van der Waals surface area contributed by atoms with Crippen LogP contribution in [-0.4, -0.2) is 13.9 Å². The Morgan fingerprint density at radius 2 is 2.44 bits per heavy atom. The van der Waals surface area contributed by atoms with Crippen LogP contribution in [0.1, 0.15) is 5.76 Å². The standard InChI is InChI=1S/C11H9N3OS/c1-2-10(15-5-1)7-14-4-3-12-11(14)9-6-13-16-8-9/h1-6,8H,7H2. The van der Waals surface area contributed by atoms with Gasteiger partial charge in [-0.3, -0.25) is 0 Å². The summed E-state index contributed by atoms with van der Waals surface area (Å²) in [5, 5.41) is 1.99. The highest BCUT2D eigenvalue weighted by atomic mass is 32.1. The van der Waals surface area contributed by atoms with Crippen LogP contribution >= 0.6 is 11.5 Å². The molecule has 0 saturated heterocycles. The molecule has 0 amide bonds. The van der Waals surface area contributed by atoms with Crippen LogP contribution < -0.4 is 0 Å². The summed E-state index contributed by atoms with van der Waals surface area (Å²) in [4.78, 5) is 4.33. The highest BCUT2D eigenvalue weighted by Gasteiger charge is 2.08. The third kappa shape index (κ3) is 1.65. The Bertz CT molecular complexity index is 554. The number of hydrogen-bond donors (Lipinski definition) is 0. The minimum atomic E-state index is 0.693. The second kappa shape index (κ2) is 3.94. The first kappa shape index (κ1) is 9.35. The normalized spacial score (nSPS) is 10.8. The van der Waals surface area contributed by atoms with E-state index in [4.69, 9.17) is 4.42 Å². The molecule has 0 spiro atoms. The SMILES string of the molecule is c1coc(Cn2ccnc2-c2cnsc2)c1. The average molecular weight is 231 g/mol. The van der Waals surface area contributed by atoms with E-state index in [0.717, 1.165) is 17.1 Å². The topological polar surface area (TPSA) is 43.9 Å². The molecule has 80 valence electrons. The van der Waals surface area contributed by atoms with Crippen LogP contribution in [0.5, 0.6) is 0 Å². The second-order valence-electron chi connectivity index (χ2n) is 3.37. The summed E-state index contributed by atoms with van der Waals surface area (Å²) in [6.07, 6.45) is 7.23. The van der Waals surface area contributed by atoms with E-state index in [1.54, 1.807) is 12.5 Å². The maximum Gasteiger partial charge on any atom is 0.142 e. The monoisotopic (exact) mass is 231 g/mol. The van der Waals surface area contributed by atoms with E-state index in [1.165, 1.54) is 11.5 Å². The molecule has 4 nitrogen and oxygen atoms in total. The predicted octanol–water partition coefficient (Wildman–Crippen LogP) is 2.65. The molecule has 16 heavy (non-hydrogen) atoms. The average Bonchev–Trinajstić information content (AvgIpc) is 2.98. The van der Waals surface area contributed by atoms with Crippen LogP contribution in [0, 0.1) is 0 Å². The Morgan fingerprint density at radius 1 is 1.44 bits per heavy atom. The van der Waals surface area contributed by atoms with Crippen LogP contribution in [0.15, 0.2) is 46.8 Å². The molecule has 0 aliphatic heterocycles. The molecule has 0 aromatic carbocycles. The maximum absolute atomic E-state index is 5.32. The highest BCUT2D eigenvalue weighted by molar-refractivity contribution is 7.03. The highest BCUT2D eigenvalue weighted by Crippen LogP contribution is 2.19. The van der Waals surface area contributed by atoms with Crippen molar-refractivity contribution in [2.24, 2.45) is 0 Å². The molecule has 3 rings (SSSR count). The lowest BCUT2D eigenvalue weighted by Gasteiger charge is -2.03. The van der Waals surface area contributed by atoms with Crippen molar-refractivity contribution < 1.29 is 4.42 Å². The van der Waals surface area contributed by atoms with Gasteiger partial charge in [0.25, 0.3) is 0 Å². The quantitative estimate of drug-likeness (QED) is 0.696. The number of imidazole rings is 1. The summed E-state index contributed by atoms with van der Waals surface area (Å²) >= 11 is 1.43. The van der Waals surface area contributed by atoms with Gasteiger partial charge >= 0.3 is 0 Å². The molecular formula is C11H9N3OS. The molecule has 0 radical (unpaired) electrons. The lowest BCUT2D eigenvalue weighted by Crippen LogP contribution is -1.99. The molecule has 3 aromatic rings. The molecule has 3 aromatic heterocycles. The Balaban J connectivity index is 1.94. The molecule has 0 N–H and O–H groups in total. The largest absolute Gasteiger partial charge is 0.467 e. The molecule has 0 bridgehead atoms. The van der Waals surface area contributed by atoms with Crippen molar-refractivity contribution >= 4 is 11.5 Å². The maximum atomic E-state index is 5.32. The van der Waals surface area contributed by atoms with E-state index in [0.29, 0.717) is 6.54 Å². The fourth-order valence-corrected chi connectivity index (χ4v) is 2.10. The first-order valence-corrected chi connectivity index (χ1v) is 5.70. The number of hydrogen-bond acceptors (Lipinski definition) is 4. The second-order valence-corrected chi connectivity index (χ2v) is 4.03. The molecule has 0 aliphatic carbocycles. The van der Waals surface area contributed by atoms with Crippen molar-refractivity contribution in [3.05, 3.63) is 48.1 Å². The molecule has 5 heteroatoms. The Hall–Kier alpha value is -1.88. The Morgan fingerprint density at radius 3 is 3.19 bits per heavy atom. The van der Waals surface area contributed by atoms with Gasteiger partial charge in [0.1, 0.15) is 11.6 Å². The summed E-state index contributed by atoms with van der Waals surface area (Å²) in [6.45, 7) is 0.693. The lowest BCUT2D eigenvalue weighted by molar-refractivity contribution is 0.494. The smallest absolute Gasteiger partial charge is 0.142 e. The third-order valence-corrected chi connectivity index (χ3v) is 2.90. The van der Waals surface area contributed by atoms with Gasteiger partial charge in [-0.25, -0.2) is 9.36 Å². The number of rotatable bonds is 3. The van der Waals surface area contributed by atoms with Crippen molar-refractivity contribution in [1.82, 2.24) is 13.9 Å². The van der Waals surface area contributed by atoms with E-state index < -0.39 is 0 Å². The van der Waals surface area contributed by atoms with Crippen LogP contribution in [0.4, 0.5) is 0 Å². The van der Waals surface area contributed by atoms with Crippen molar-refractivity contribution in [1.29, 1.82) is 0 Å². The number of aromatic nitrogens is 3.